The first-order valence-electron chi connectivity index (χ1n) is 12.3. The summed E-state index contributed by atoms with van der Waals surface area (Å²) < 4.78 is 6.17. The number of hydrogen-bond acceptors (Lipinski definition) is 6. The maximum Gasteiger partial charge on any atom is 0.410 e. The van der Waals surface area contributed by atoms with Crippen LogP contribution in [0.15, 0.2) is 18.3 Å². The lowest BCUT2D eigenvalue weighted by atomic mass is 9.48. The molecule has 1 aromatic rings. The van der Waals surface area contributed by atoms with Crippen LogP contribution in [0.4, 0.5) is 10.6 Å². The summed E-state index contributed by atoms with van der Waals surface area (Å²) in [5.41, 5.74) is 5.88. The fraction of sp³-hybridized carbons (Fsp3) is 0.680. The van der Waals surface area contributed by atoms with Gasteiger partial charge in [0.05, 0.1) is 16.5 Å². The number of carbonyl (C=O) groups excluding carboxylic acids is 2. The minimum Gasteiger partial charge on any atom is -0.446 e. The Morgan fingerprint density at radius 2 is 1.94 bits per heavy atom. The number of carbonyl (C=O) groups is 2. The summed E-state index contributed by atoms with van der Waals surface area (Å²) in [4.78, 5) is 34.2. The summed E-state index contributed by atoms with van der Waals surface area (Å²) in [7, 11) is 0. The molecule has 2 amide bonds. The number of ether oxygens (including phenoxy) is 1. The predicted molar refractivity (Wildman–Crippen MR) is 120 cm³/mol. The van der Waals surface area contributed by atoms with E-state index in [0.29, 0.717) is 24.6 Å². The van der Waals surface area contributed by atoms with Crippen molar-refractivity contribution in [3.8, 4) is 6.07 Å². The van der Waals surface area contributed by atoms with Crippen molar-refractivity contribution in [3.05, 3.63) is 23.9 Å². The van der Waals surface area contributed by atoms with Crippen molar-refractivity contribution in [3.63, 3.8) is 0 Å². The van der Waals surface area contributed by atoms with E-state index >= 15 is 0 Å². The van der Waals surface area contributed by atoms with Crippen LogP contribution in [0.25, 0.3) is 0 Å². The van der Waals surface area contributed by atoms with Crippen molar-refractivity contribution >= 4 is 17.8 Å². The lowest BCUT2D eigenvalue weighted by molar-refractivity contribution is -0.161. The number of primary amides is 1. The van der Waals surface area contributed by atoms with Gasteiger partial charge in [-0.3, -0.25) is 4.79 Å². The first-order valence-corrected chi connectivity index (χ1v) is 12.3. The van der Waals surface area contributed by atoms with E-state index in [1.165, 1.54) is 0 Å². The topological polar surface area (TPSA) is 113 Å². The van der Waals surface area contributed by atoms with E-state index in [-0.39, 0.29) is 40.9 Å². The van der Waals surface area contributed by atoms with Gasteiger partial charge in [-0.25, -0.2) is 9.78 Å². The minimum atomic E-state index is -0.366. The highest BCUT2D eigenvalue weighted by atomic mass is 16.6. The SMILES string of the molecule is N#Cc1ccc(N2CCCC23CCN(C(=O)OC2C4CC5C[C@H]2CC(C(N)=O)(C5)C4)C3)nc1. The summed E-state index contributed by atoms with van der Waals surface area (Å²) in [5.74, 6) is 1.78. The molecule has 2 saturated heterocycles. The quantitative estimate of drug-likeness (QED) is 0.759. The summed E-state index contributed by atoms with van der Waals surface area (Å²) in [5, 5.41) is 9.06. The standard InChI is InChI=1S/C25H31N5O3/c26-13-16-2-3-20(28-14-16)30-6-1-4-25(30)5-7-29(15-25)23(32)33-21-18-8-17-9-19(21)12-24(10-17,11-18)22(27)31/h2-3,14,17-19,21H,1,4-12,15H2,(H2,27,31)/t17?,18-,19?,21?,24?,25?/m0/s1. The molecule has 33 heavy (non-hydrogen) atoms. The number of nitrogens with zero attached hydrogens (tertiary/aromatic N) is 4. The molecule has 5 unspecified atom stereocenters. The largest absolute Gasteiger partial charge is 0.446 e. The van der Waals surface area contributed by atoms with Gasteiger partial charge in [0.15, 0.2) is 0 Å². The molecular weight excluding hydrogens is 418 g/mol. The van der Waals surface area contributed by atoms with Crippen LogP contribution >= 0.6 is 0 Å². The maximum atomic E-state index is 13.3. The highest BCUT2D eigenvalue weighted by molar-refractivity contribution is 5.81. The Balaban J connectivity index is 1.14. The van der Waals surface area contributed by atoms with Crippen molar-refractivity contribution in [2.45, 2.75) is 63.0 Å². The summed E-state index contributed by atoms with van der Waals surface area (Å²) in [6, 6.07) is 5.84. The highest BCUT2D eigenvalue weighted by Crippen LogP contribution is 2.60. The van der Waals surface area contributed by atoms with Crippen LogP contribution in [0.5, 0.6) is 0 Å². The number of anilines is 1. The molecule has 2 N–H and O–H groups in total. The molecule has 1 aromatic heterocycles. The Morgan fingerprint density at radius 1 is 1.15 bits per heavy atom. The van der Waals surface area contributed by atoms with Crippen LogP contribution < -0.4 is 10.6 Å². The van der Waals surface area contributed by atoms with Crippen LogP contribution in [-0.2, 0) is 9.53 Å². The number of nitriles is 1. The van der Waals surface area contributed by atoms with E-state index in [9.17, 15) is 9.59 Å². The third-order valence-corrected chi connectivity index (χ3v) is 9.29. The van der Waals surface area contributed by atoms with Gasteiger partial charge in [0, 0.05) is 25.8 Å². The van der Waals surface area contributed by atoms with E-state index in [1.54, 1.807) is 12.3 Å². The Morgan fingerprint density at radius 3 is 2.61 bits per heavy atom. The van der Waals surface area contributed by atoms with E-state index in [2.05, 4.69) is 16.0 Å². The molecule has 4 saturated carbocycles. The van der Waals surface area contributed by atoms with Gasteiger partial charge in [-0.2, -0.15) is 5.26 Å². The molecule has 7 rings (SSSR count). The molecule has 0 aromatic carbocycles. The van der Waals surface area contributed by atoms with Crippen LogP contribution in [0.1, 0.15) is 56.9 Å². The average Bonchev–Trinajstić information content (AvgIpc) is 3.43. The second-order valence-electron chi connectivity index (χ2n) is 11.1. The molecule has 2 aliphatic heterocycles. The van der Waals surface area contributed by atoms with Crippen LogP contribution in [0.3, 0.4) is 0 Å². The van der Waals surface area contributed by atoms with Crippen molar-refractivity contribution in [2.24, 2.45) is 28.9 Å². The molecule has 8 heteroatoms. The van der Waals surface area contributed by atoms with E-state index < -0.39 is 0 Å². The molecule has 4 aliphatic carbocycles. The van der Waals surface area contributed by atoms with Crippen LogP contribution in [-0.4, -0.2) is 53.2 Å². The zero-order chi connectivity index (χ0) is 22.8. The van der Waals surface area contributed by atoms with Crippen molar-refractivity contribution < 1.29 is 14.3 Å². The zero-order valence-electron chi connectivity index (χ0n) is 18.9. The summed E-state index contributed by atoms with van der Waals surface area (Å²) >= 11 is 0. The van der Waals surface area contributed by atoms with Crippen molar-refractivity contribution in [1.82, 2.24) is 9.88 Å². The molecule has 174 valence electrons. The molecule has 0 radical (unpaired) electrons. The molecule has 1 spiro atoms. The molecular formula is C25H31N5O3. The van der Waals surface area contributed by atoms with Gasteiger partial charge in [-0.05, 0) is 81.3 Å². The number of nitrogens with two attached hydrogens (primary N) is 1. The lowest BCUT2D eigenvalue weighted by Gasteiger charge is -2.58. The number of pyridine rings is 1. The maximum absolute atomic E-state index is 13.3. The Bertz CT molecular complexity index is 1000. The number of hydrogen-bond donors (Lipinski definition) is 1. The smallest absolute Gasteiger partial charge is 0.410 e. The summed E-state index contributed by atoms with van der Waals surface area (Å²) in [6.45, 7) is 2.23. The number of aromatic nitrogens is 1. The summed E-state index contributed by atoms with van der Waals surface area (Å²) in [6.07, 6.45) is 8.87. The number of likely N-dealkylation sites (tertiary alicyclic amines) is 1. The van der Waals surface area contributed by atoms with Crippen molar-refractivity contribution in [1.29, 1.82) is 5.26 Å². The first kappa shape index (κ1) is 20.8. The van der Waals surface area contributed by atoms with Gasteiger partial charge >= 0.3 is 6.09 Å². The molecule has 6 aliphatic rings. The number of amides is 2. The Kier molecular flexibility index (Phi) is 4.62. The van der Waals surface area contributed by atoms with Gasteiger partial charge in [0.25, 0.3) is 0 Å². The van der Waals surface area contributed by atoms with Gasteiger partial charge in [0.2, 0.25) is 5.91 Å². The van der Waals surface area contributed by atoms with E-state index in [1.807, 2.05) is 11.0 Å². The van der Waals surface area contributed by atoms with Gasteiger partial charge < -0.3 is 20.3 Å². The second kappa shape index (κ2) is 7.34. The van der Waals surface area contributed by atoms with Crippen LogP contribution in [0.2, 0.25) is 0 Å². The van der Waals surface area contributed by atoms with Gasteiger partial charge in [-0.1, -0.05) is 0 Å². The lowest BCUT2D eigenvalue weighted by Crippen LogP contribution is -2.59. The second-order valence-corrected chi connectivity index (χ2v) is 11.1. The zero-order valence-corrected chi connectivity index (χ0v) is 18.9. The molecule has 6 atom stereocenters. The monoisotopic (exact) mass is 449 g/mol. The normalized spacial score (nSPS) is 38.6. The van der Waals surface area contributed by atoms with Crippen LogP contribution in [0, 0.1) is 34.5 Å². The first-order chi connectivity index (χ1) is 15.9. The molecule has 3 heterocycles. The fourth-order valence-corrected chi connectivity index (χ4v) is 8.01. The van der Waals surface area contributed by atoms with Gasteiger partial charge in [-0.15, -0.1) is 0 Å². The van der Waals surface area contributed by atoms with E-state index in [0.717, 1.165) is 63.7 Å². The third kappa shape index (κ3) is 3.19. The molecule has 8 nitrogen and oxygen atoms in total. The third-order valence-electron chi connectivity index (χ3n) is 9.29. The fourth-order valence-electron chi connectivity index (χ4n) is 8.01. The highest BCUT2D eigenvalue weighted by Gasteiger charge is 2.59. The van der Waals surface area contributed by atoms with E-state index in [4.69, 9.17) is 15.7 Å². The predicted octanol–water partition coefficient (Wildman–Crippen LogP) is 2.81. The van der Waals surface area contributed by atoms with Gasteiger partial charge in [0.1, 0.15) is 18.0 Å². The Hall–Kier alpha value is -2.82. The molecule has 6 fully saturated rings. The number of rotatable bonds is 3. The molecule has 4 bridgehead atoms. The Labute approximate surface area is 194 Å². The minimum absolute atomic E-state index is 0.0852. The average molecular weight is 450 g/mol. The van der Waals surface area contributed by atoms with Crippen molar-refractivity contribution in [2.75, 3.05) is 24.5 Å².